The quantitative estimate of drug-likeness (QED) is 0.622. The molecule has 1 heterocycles. The monoisotopic (exact) mass is 401 g/mol. The van der Waals surface area contributed by atoms with Gasteiger partial charge in [-0.25, -0.2) is 0 Å². The minimum atomic E-state index is -0.0867. The normalized spacial score (nSPS) is 15.3. The fourth-order valence-corrected chi connectivity index (χ4v) is 3.94. The first-order chi connectivity index (χ1) is 14.8. The maximum atomic E-state index is 12.9. The van der Waals surface area contributed by atoms with Crippen molar-refractivity contribution in [2.24, 2.45) is 0 Å². The van der Waals surface area contributed by atoms with E-state index in [9.17, 15) is 4.79 Å². The largest absolute Gasteiger partial charge is 0.489 e. The van der Waals surface area contributed by atoms with Crippen molar-refractivity contribution in [1.29, 1.82) is 0 Å². The van der Waals surface area contributed by atoms with Gasteiger partial charge in [0.2, 0.25) is 0 Å². The Balaban J connectivity index is 1.42. The van der Waals surface area contributed by atoms with E-state index in [4.69, 9.17) is 9.47 Å². The second-order valence-corrected chi connectivity index (χ2v) is 7.74. The van der Waals surface area contributed by atoms with Gasteiger partial charge in [0, 0.05) is 30.7 Å². The van der Waals surface area contributed by atoms with E-state index in [0.717, 1.165) is 18.4 Å². The highest BCUT2D eigenvalue weighted by molar-refractivity contribution is 5.94. The van der Waals surface area contributed by atoms with Crippen LogP contribution in [0.1, 0.15) is 34.3 Å². The molecule has 154 valence electrons. The standard InChI is InChI=1S/C26H27NO3/c28-25(22-10-7-13-24(18-22)30-19-21-8-3-1-4-9-21)27-20-26(14-16-29-17-15-26)23-11-5-2-6-12-23/h1-13,18H,14-17,19-20H2,(H,27,28). The first kappa shape index (κ1) is 20.2. The maximum absolute atomic E-state index is 12.9. The van der Waals surface area contributed by atoms with Crippen molar-refractivity contribution < 1.29 is 14.3 Å². The minimum absolute atomic E-state index is 0.0815. The first-order valence-electron chi connectivity index (χ1n) is 10.4. The van der Waals surface area contributed by atoms with Gasteiger partial charge in [-0.3, -0.25) is 4.79 Å². The molecule has 4 rings (SSSR count). The van der Waals surface area contributed by atoms with Gasteiger partial charge < -0.3 is 14.8 Å². The van der Waals surface area contributed by atoms with Crippen LogP contribution < -0.4 is 10.1 Å². The molecule has 0 aromatic heterocycles. The van der Waals surface area contributed by atoms with Crippen molar-refractivity contribution in [2.75, 3.05) is 19.8 Å². The summed E-state index contributed by atoms with van der Waals surface area (Å²) in [6.45, 7) is 2.50. The van der Waals surface area contributed by atoms with Crippen LogP contribution in [0.3, 0.4) is 0 Å². The van der Waals surface area contributed by atoms with E-state index < -0.39 is 0 Å². The summed E-state index contributed by atoms with van der Waals surface area (Å²) >= 11 is 0. The molecule has 0 saturated carbocycles. The first-order valence-corrected chi connectivity index (χ1v) is 10.4. The molecular formula is C26H27NO3. The molecule has 4 nitrogen and oxygen atoms in total. The predicted molar refractivity (Wildman–Crippen MR) is 118 cm³/mol. The van der Waals surface area contributed by atoms with E-state index in [1.54, 1.807) is 6.07 Å². The fraction of sp³-hybridized carbons (Fsp3) is 0.269. The third-order valence-electron chi connectivity index (χ3n) is 5.77. The molecule has 1 aliphatic heterocycles. The number of hydrogen-bond donors (Lipinski definition) is 1. The van der Waals surface area contributed by atoms with Gasteiger partial charge in [-0.1, -0.05) is 66.7 Å². The van der Waals surface area contributed by atoms with Gasteiger partial charge in [-0.15, -0.1) is 0 Å². The Morgan fingerprint density at radius 2 is 1.60 bits per heavy atom. The summed E-state index contributed by atoms with van der Waals surface area (Å²) in [4.78, 5) is 12.9. The molecule has 0 aliphatic carbocycles. The summed E-state index contributed by atoms with van der Waals surface area (Å²) in [5.41, 5.74) is 2.87. The van der Waals surface area contributed by atoms with Crippen LogP contribution in [0.2, 0.25) is 0 Å². The summed E-state index contributed by atoms with van der Waals surface area (Å²) in [5.74, 6) is 0.609. The minimum Gasteiger partial charge on any atom is -0.489 e. The molecule has 30 heavy (non-hydrogen) atoms. The van der Waals surface area contributed by atoms with Gasteiger partial charge in [-0.2, -0.15) is 0 Å². The highest BCUT2D eigenvalue weighted by Gasteiger charge is 2.34. The Bertz CT molecular complexity index is 950. The Morgan fingerprint density at radius 3 is 2.33 bits per heavy atom. The number of hydrogen-bond acceptors (Lipinski definition) is 3. The zero-order valence-corrected chi connectivity index (χ0v) is 17.1. The third-order valence-corrected chi connectivity index (χ3v) is 5.77. The molecule has 1 aliphatic rings. The lowest BCUT2D eigenvalue weighted by Crippen LogP contribution is -2.44. The Labute approximate surface area is 177 Å². The summed E-state index contributed by atoms with van der Waals surface area (Å²) in [6, 6.07) is 27.8. The van der Waals surface area contributed by atoms with Crippen molar-refractivity contribution in [3.63, 3.8) is 0 Å². The molecular weight excluding hydrogens is 374 g/mol. The maximum Gasteiger partial charge on any atom is 0.251 e. The van der Waals surface area contributed by atoms with Gasteiger partial charge in [-0.05, 0) is 42.2 Å². The zero-order chi connectivity index (χ0) is 20.7. The van der Waals surface area contributed by atoms with Crippen LogP contribution in [-0.4, -0.2) is 25.7 Å². The molecule has 0 spiro atoms. The van der Waals surface area contributed by atoms with E-state index in [-0.39, 0.29) is 11.3 Å². The Hall–Kier alpha value is -3.11. The molecule has 1 saturated heterocycles. The van der Waals surface area contributed by atoms with E-state index in [2.05, 4.69) is 29.6 Å². The van der Waals surface area contributed by atoms with E-state index in [0.29, 0.717) is 37.7 Å². The molecule has 1 N–H and O–H groups in total. The number of amides is 1. The van der Waals surface area contributed by atoms with Crippen LogP contribution in [0.5, 0.6) is 5.75 Å². The second-order valence-electron chi connectivity index (χ2n) is 7.74. The molecule has 4 heteroatoms. The van der Waals surface area contributed by atoms with Gasteiger partial charge in [0.15, 0.2) is 0 Å². The smallest absolute Gasteiger partial charge is 0.251 e. The number of carbonyl (C=O) groups excluding carboxylic acids is 1. The molecule has 0 bridgehead atoms. The lowest BCUT2D eigenvalue weighted by Gasteiger charge is -2.38. The average molecular weight is 402 g/mol. The number of benzene rings is 3. The number of rotatable bonds is 7. The highest BCUT2D eigenvalue weighted by atomic mass is 16.5. The molecule has 0 atom stereocenters. The van der Waals surface area contributed by atoms with Gasteiger partial charge in [0.05, 0.1) is 0 Å². The topological polar surface area (TPSA) is 47.6 Å². The van der Waals surface area contributed by atoms with Crippen molar-refractivity contribution >= 4 is 5.91 Å². The number of nitrogens with one attached hydrogen (secondary N) is 1. The van der Waals surface area contributed by atoms with Crippen LogP contribution in [-0.2, 0) is 16.8 Å². The molecule has 0 radical (unpaired) electrons. The summed E-state index contributed by atoms with van der Waals surface area (Å²) < 4.78 is 11.5. The lowest BCUT2D eigenvalue weighted by atomic mass is 9.74. The third kappa shape index (κ3) is 4.89. The summed E-state index contributed by atoms with van der Waals surface area (Å²) in [7, 11) is 0. The molecule has 0 unspecified atom stereocenters. The van der Waals surface area contributed by atoms with Crippen LogP contribution in [0.15, 0.2) is 84.9 Å². The molecule has 3 aromatic rings. The predicted octanol–water partition coefficient (Wildman–Crippen LogP) is 4.74. The number of carbonyl (C=O) groups is 1. The molecule has 1 amide bonds. The van der Waals surface area contributed by atoms with Crippen LogP contribution in [0, 0.1) is 0 Å². The van der Waals surface area contributed by atoms with E-state index in [1.807, 2.05) is 54.6 Å². The van der Waals surface area contributed by atoms with Crippen molar-refractivity contribution in [3.8, 4) is 5.75 Å². The van der Waals surface area contributed by atoms with Crippen molar-refractivity contribution in [2.45, 2.75) is 24.9 Å². The molecule has 3 aromatic carbocycles. The Morgan fingerprint density at radius 1 is 0.900 bits per heavy atom. The average Bonchev–Trinajstić information content (AvgIpc) is 2.83. The van der Waals surface area contributed by atoms with E-state index >= 15 is 0 Å². The lowest BCUT2D eigenvalue weighted by molar-refractivity contribution is 0.0487. The van der Waals surface area contributed by atoms with Crippen LogP contribution >= 0.6 is 0 Å². The second kappa shape index (κ2) is 9.59. The van der Waals surface area contributed by atoms with Gasteiger partial charge in [0.1, 0.15) is 12.4 Å². The molecule has 1 fully saturated rings. The SMILES string of the molecule is O=C(NCC1(c2ccccc2)CCOCC1)c1cccc(OCc2ccccc2)c1. The van der Waals surface area contributed by atoms with Gasteiger partial charge >= 0.3 is 0 Å². The highest BCUT2D eigenvalue weighted by Crippen LogP contribution is 2.34. The summed E-state index contributed by atoms with van der Waals surface area (Å²) in [5, 5.41) is 3.16. The van der Waals surface area contributed by atoms with E-state index in [1.165, 1.54) is 5.56 Å². The van der Waals surface area contributed by atoms with Crippen molar-refractivity contribution in [1.82, 2.24) is 5.32 Å². The van der Waals surface area contributed by atoms with Crippen molar-refractivity contribution in [3.05, 3.63) is 102 Å². The summed E-state index contributed by atoms with van der Waals surface area (Å²) in [6.07, 6.45) is 1.80. The van der Waals surface area contributed by atoms with Gasteiger partial charge in [0.25, 0.3) is 5.91 Å². The fourth-order valence-electron chi connectivity index (χ4n) is 3.94. The number of ether oxygens (including phenoxy) is 2. The van der Waals surface area contributed by atoms with Crippen LogP contribution in [0.25, 0.3) is 0 Å². The zero-order valence-electron chi connectivity index (χ0n) is 17.1. The van der Waals surface area contributed by atoms with Crippen LogP contribution in [0.4, 0.5) is 0 Å². The Kier molecular flexibility index (Phi) is 6.45.